The van der Waals surface area contributed by atoms with E-state index in [1.807, 2.05) is 6.92 Å². The van der Waals surface area contributed by atoms with E-state index in [1.165, 1.54) is 23.1 Å². The normalized spacial score (nSPS) is 11.4. The molecule has 0 aliphatic carbocycles. The number of nitrogens with zero attached hydrogens (tertiary/aromatic N) is 1. The Hall–Kier alpha value is -1.56. The van der Waals surface area contributed by atoms with Gasteiger partial charge in [-0.15, -0.1) is 0 Å². The van der Waals surface area contributed by atoms with E-state index in [0.717, 1.165) is 18.9 Å². The van der Waals surface area contributed by atoms with E-state index in [4.69, 9.17) is 5.73 Å². The second kappa shape index (κ2) is 7.28. The van der Waals surface area contributed by atoms with Crippen LogP contribution in [0.15, 0.2) is 24.3 Å². The van der Waals surface area contributed by atoms with Crippen molar-refractivity contribution in [2.75, 3.05) is 19.6 Å². The molecule has 0 aliphatic heterocycles. The summed E-state index contributed by atoms with van der Waals surface area (Å²) < 4.78 is 38.7. The topological polar surface area (TPSA) is 46.3 Å². The second-order valence-corrected chi connectivity index (χ2v) is 4.48. The van der Waals surface area contributed by atoms with Crippen LogP contribution in [-0.4, -0.2) is 30.4 Å². The van der Waals surface area contributed by atoms with Crippen LogP contribution in [0.1, 0.15) is 35.7 Å². The summed E-state index contributed by atoms with van der Waals surface area (Å²) >= 11 is 0. The third-order valence-electron chi connectivity index (χ3n) is 2.93. The molecular formula is C14H19F3N2O. The van der Waals surface area contributed by atoms with E-state index in [1.54, 1.807) is 0 Å². The van der Waals surface area contributed by atoms with Crippen molar-refractivity contribution in [3.05, 3.63) is 35.4 Å². The zero-order valence-corrected chi connectivity index (χ0v) is 11.4. The van der Waals surface area contributed by atoms with Gasteiger partial charge in [-0.3, -0.25) is 4.79 Å². The maximum Gasteiger partial charge on any atom is 0.417 e. The predicted octanol–water partition coefficient (Wildman–Crippen LogP) is 2.91. The highest BCUT2D eigenvalue weighted by Gasteiger charge is 2.35. The maximum atomic E-state index is 12.9. The molecule has 0 bridgehead atoms. The van der Waals surface area contributed by atoms with E-state index < -0.39 is 17.6 Å². The van der Waals surface area contributed by atoms with E-state index >= 15 is 0 Å². The van der Waals surface area contributed by atoms with Gasteiger partial charge in [0.25, 0.3) is 5.91 Å². The standard InChI is InChI=1S/C14H19F3N2O/c1-2-3-9-19(10-8-18)13(20)11-6-4-5-7-12(11)14(15,16)17/h4-7H,2-3,8-10,18H2,1H3. The van der Waals surface area contributed by atoms with Crippen molar-refractivity contribution >= 4 is 5.91 Å². The molecule has 0 unspecified atom stereocenters. The largest absolute Gasteiger partial charge is 0.417 e. The first-order chi connectivity index (χ1) is 9.41. The summed E-state index contributed by atoms with van der Waals surface area (Å²) in [5.41, 5.74) is 4.21. The van der Waals surface area contributed by atoms with Gasteiger partial charge in [0.2, 0.25) is 0 Å². The number of hydrogen-bond acceptors (Lipinski definition) is 2. The van der Waals surface area contributed by atoms with Crippen molar-refractivity contribution in [3.8, 4) is 0 Å². The molecule has 0 aliphatic rings. The fourth-order valence-electron chi connectivity index (χ4n) is 1.91. The number of carbonyl (C=O) groups is 1. The number of hydrogen-bond donors (Lipinski definition) is 1. The lowest BCUT2D eigenvalue weighted by Gasteiger charge is -2.23. The van der Waals surface area contributed by atoms with Gasteiger partial charge in [-0.05, 0) is 18.6 Å². The fraction of sp³-hybridized carbons (Fsp3) is 0.500. The summed E-state index contributed by atoms with van der Waals surface area (Å²) in [4.78, 5) is 13.7. The van der Waals surface area contributed by atoms with Crippen molar-refractivity contribution < 1.29 is 18.0 Å². The third-order valence-corrected chi connectivity index (χ3v) is 2.93. The van der Waals surface area contributed by atoms with Gasteiger partial charge in [0.1, 0.15) is 0 Å². The molecule has 1 amide bonds. The zero-order valence-electron chi connectivity index (χ0n) is 11.4. The quantitative estimate of drug-likeness (QED) is 0.875. The van der Waals surface area contributed by atoms with Crippen LogP contribution < -0.4 is 5.73 Å². The number of nitrogens with two attached hydrogens (primary N) is 1. The van der Waals surface area contributed by atoms with Gasteiger partial charge in [0.15, 0.2) is 0 Å². The highest BCUT2D eigenvalue weighted by atomic mass is 19.4. The van der Waals surface area contributed by atoms with Gasteiger partial charge < -0.3 is 10.6 Å². The molecule has 20 heavy (non-hydrogen) atoms. The van der Waals surface area contributed by atoms with Crippen molar-refractivity contribution in [1.82, 2.24) is 4.90 Å². The zero-order chi connectivity index (χ0) is 15.2. The van der Waals surface area contributed by atoms with E-state index in [9.17, 15) is 18.0 Å². The minimum atomic E-state index is -4.54. The molecule has 112 valence electrons. The van der Waals surface area contributed by atoms with Gasteiger partial charge in [-0.2, -0.15) is 13.2 Å². The lowest BCUT2D eigenvalue weighted by Crippen LogP contribution is -2.37. The molecule has 2 N–H and O–H groups in total. The minimum absolute atomic E-state index is 0.226. The first kappa shape index (κ1) is 16.5. The molecule has 1 aromatic carbocycles. The number of unbranched alkanes of at least 4 members (excludes halogenated alkanes) is 1. The van der Waals surface area contributed by atoms with Crippen LogP contribution in [0.5, 0.6) is 0 Å². The Labute approximate surface area is 116 Å². The van der Waals surface area contributed by atoms with Gasteiger partial charge in [-0.1, -0.05) is 25.5 Å². The van der Waals surface area contributed by atoms with Gasteiger partial charge in [0.05, 0.1) is 11.1 Å². The van der Waals surface area contributed by atoms with Gasteiger partial charge >= 0.3 is 6.18 Å². The van der Waals surface area contributed by atoms with Crippen molar-refractivity contribution in [2.45, 2.75) is 25.9 Å². The van der Waals surface area contributed by atoms with Crippen LogP contribution >= 0.6 is 0 Å². The first-order valence-corrected chi connectivity index (χ1v) is 6.57. The third kappa shape index (κ3) is 4.23. The van der Waals surface area contributed by atoms with E-state index in [-0.39, 0.29) is 18.7 Å². The number of carbonyl (C=O) groups excluding carboxylic acids is 1. The molecule has 0 atom stereocenters. The number of halogens is 3. The molecule has 0 aromatic heterocycles. The summed E-state index contributed by atoms with van der Waals surface area (Å²) in [6, 6.07) is 4.84. The fourth-order valence-corrected chi connectivity index (χ4v) is 1.91. The molecule has 0 fully saturated rings. The molecule has 3 nitrogen and oxygen atoms in total. The lowest BCUT2D eigenvalue weighted by molar-refractivity contribution is -0.138. The first-order valence-electron chi connectivity index (χ1n) is 6.57. The van der Waals surface area contributed by atoms with Crippen molar-refractivity contribution in [2.24, 2.45) is 5.73 Å². The summed E-state index contributed by atoms with van der Waals surface area (Å²) in [6.07, 6.45) is -2.94. The van der Waals surface area contributed by atoms with E-state index in [2.05, 4.69) is 0 Å². The summed E-state index contributed by atoms with van der Waals surface area (Å²) in [5, 5.41) is 0. The second-order valence-electron chi connectivity index (χ2n) is 4.48. The average molecular weight is 288 g/mol. The highest BCUT2D eigenvalue weighted by Crippen LogP contribution is 2.32. The van der Waals surface area contributed by atoms with Crippen LogP contribution in [0, 0.1) is 0 Å². The Morgan fingerprint density at radius 3 is 2.45 bits per heavy atom. The molecular weight excluding hydrogens is 269 g/mol. The predicted molar refractivity (Wildman–Crippen MR) is 71.3 cm³/mol. The Bertz CT molecular complexity index is 446. The highest BCUT2D eigenvalue weighted by molar-refractivity contribution is 5.95. The average Bonchev–Trinajstić information content (AvgIpc) is 2.42. The van der Waals surface area contributed by atoms with Crippen LogP contribution in [0.25, 0.3) is 0 Å². The summed E-state index contributed by atoms with van der Waals surface area (Å²) in [5.74, 6) is -0.614. The van der Waals surface area contributed by atoms with E-state index in [0.29, 0.717) is 6.54 Å². The number of alkyl halides is 3. The maximum absolute atomic E-state index is 12.9. The Morgan fingerprint density at radius 2 is 1.90 bits per heavy atom. The SMILES string of the molecule is CCCCN(CCN)C(=O)c1ccccc1C(F)(F)F. The Balaban J connectivity index is 3.05. The van der Waals surface area contributed by atoms with Crippen LogP contribution in [0.2, 0.25) is 0 Å². The molecule has 0 saturated heterocycles. The van der Waals surface area contributed by atoms with Crippen LogP contribution in [0.4, 0.5) is 13.2 Å². The lowest BCUT2D eigenvalue weighted by atomic mass is 10.1. The molecule has 6 heteroatoms. The monoisotopic (exact) mass is 288 g/mol. The number of amides is 1. The summed E-state index contributed by atoms with van der Waals surface area (Å²) in [6.45, 7) is 2.85. The van der Waals surface area contributed by atoms with Crippen molar-refractivity contribution in [1.29, 1.82) is 0 Å². The molecule has 0 spiro atoms. The van der Waals surface area contributed by atoms with Crippen LogP contribution in [0.3, 0.4) is 0 Å². The number of benzene rings is 1. The van der Waals surface area contributed by atoms with Crippen LogP contribution in [-0.2, 0) is 6.18 Å². The minimum Gasteiger partial charge on any atom is -0.337 e. The Morgan fingerprint density at radius 1 is 1.25 bits per heavy atom. The molecule has 1 aromatic rings. The molecule has 0 radical (unpaired) electrons. The smallest absolute Gasteiger partial charge is 0.337 e. The number of rotatable bonds is 6. The van der Waals surface area contributed by atoms with Gasteiger partial charge in [-0.25, -0.2) is 0 Å². The molecule has 0 heterocycles. The molecule has 1 rings (SSSR count). The van der Waals surface area contributed by atoms with Gasteiger partial charge in [0, 0.05) is 19.6 Å². The molecule has 0 saturated carbocycles. The van der Waals surface area contributed by atoms with Crippen molar-refractivity contribution in [3.63, 3.8) is 0 Å². The summed E-state index contributed by atoms with van der Waals surface area (Å²) in [7, 11) is 0. The Kier molecular flexibility index (Phi) is 6.01.